The number of nitrogens with two attached hydrogens (primary N) is 1. The minimum atomic E-state index is 0.462. The Balaban J connectivity index is 2.07. The zero-order valence-electron chi connectivity index (χ0n) is 8.27. The van der Waals surface area contributed by atoms with E-state index < -0.39 is 0 Å². The van der Waals surface area contributed by atoms with Gasteiger partial charge in [0.15, 0.2) is 0 Å². The largest absolute Gasteiger partial charge is 0.330 e. The van der Waals surface area contributed by atoms with Crippen molar-refractivity contribution in [3.8, 4) is 0 Å². The summed E-state index contributed by atoms with van der Waals surface area (Å²) in [5, 5.41) is 4.32. The molecule has 3 heteroatoms. The van der Waals surface area contributed by atoms with Gasteiger partial charge in [-0.05, 0) is 44.2 Å². The third-order valence-electron chi connectivity index (χ3n) is 2.80. The van der Waals surface area contributed by atoms with Crippen LogP contribution in [0.15, 0.2) is 12.4 Å². The molecule has 0 unspecified atom stereocenters. The number of hydrogen-bond donors (Lipinski definition) is 1. The van der Waals surface area contributed by atoms with E-state index in [-0.39, 0.29) is 0 Å². The molecule has 0 saturated heterocycles. The van der Waals surface area contributed by atoms with Gasteiger partial charge < -0.3 is 5.73 Å². The number of nitrogens with zero attached hydrogens (tertiary/aromatic N) is 2. The fraction of sp³-hybridized carbons (Fsp3) is 0.700. The van der Waals surface area contributed by atoms with Gasteiger partial charge in [-0.15, -0.1) is 0 Å². The third-order valence-corrected chi connectivity index (χ3v) is 2.80. The van der Waals surface area contributed by atoms with Crippen molar-refractivity contribution in [3.63, 3.8) is 0 Å². The highest BCUT2D eigenvalue weighted by molar-refractivity contribution is 5.20. The van der Waals surface area contributed by atoms with Gasteiger partial charge in [0.05, 0.1) is 6.20 Å². The first-order valence-corrected chi connectivity index (χ1v) is 4.96. The quantitative estimate of drug-likeness (QED) is 0.764. The minimum Gasteiger partial charge on any atom is -0.330 e. The molecule has 2 atom stereocenters. The summed E-state index contributed by atoms with van der Waals surface area (Å²) in [6.45, 7) is 5.10. The molecule has 1 saturated carbocycles. The first-order valence-electron chi connectivity index (χ1n) is 4.96. The Morgan fingerprint density at radius 1 is 1.69 bits per heavy atom. The molecule has 0 aromatic carbocycles. The van der Waals surface area contributed by atoms with Crippen molar-refractivity contribution in [2.45, 2.75) is 32.2 Å². The molecule has 1 fully saturated rings. The van der Waals surface area contributed by atoms with Crippen LogP contribution in [0.1, 0.15) is 37.8 Å². The van der Waals surface area contributed by atoms with Crippen LogP contribution >= 0.6 is 0 Å². The summed E-state index contributed by atoms with van der Waals surface area (Å²) in [5.74, 6) is 1.40. The summed E-state index contributed by atoms with van der Waals surface area (Å²) < 4.78 is 2.02. The molecule has 0 radical (unpaired) electrons. The fourth-order valence-corrected chi connectivity index (χ4v) is 1.74. The molecular formula is C10H17N3. The third kappa shape index (κ3) is 1.61. The van der Waals surface area contributed by atoms with E-state index in [0.29, 0.717) is 17.9 Å². The Morgan fingerprint density at radius 3 is 2.92 bits per heavy atom. The zero-order chi connectivity index (χ0) is 9.42. The minimum absolute atomic E-state index is 0.462. The van der Waals surface area contributed by atoms with E-state index in [1.165, 1.54) is 12.0 Å². The van der Waals surface area contributed by atoms with Crippen LogP contribution in [0.5, 0.6) is 0 Å². The standard InChI is InChI=1S/C10H17N3/c1-7(2)13-6-9(5-12-13)10-3-8(10)4-11/h5-8,10H,3-4,11H2,1-2H3/t8-,10+/m0/s1. The van der Waals surface area contributed by atoms with E-state index in [2.05, 4.69) is 25.1 Å². The molecule has 2 N–H and O–H groups in total. The van der Waals surface area contributed by atoms with Crippen molar-refractivity contribution in [3.05, 3.63) is 18.0 Å². The Kier molecular flexibility index (Phi) is 2.12. The maximum Gasteiger partial charge on any atom is 0.0524 e. The SMILES string of the molecule is CC(C)n1cc([C@@H]2C[C@H]2CN)cn1. The summed E-state index contributed by atoms with van der Waals surface area (Å²) in [6.07, 6.45) is 5.39. The monoisotopic (exact) mass is 179 g/mol. The van der Waals surface area contributed by atoms with Crippen molar-refractivity contribution >= 4 is 0 Å². The maximum atomic E-state index is 5.60. The van der Waals surface area contributed by atoms with Crippen LogP contribution in [-0.2, 0) is 0 Å². The normalized spacial score (nSPS) is 26.8. The molecule has 2 rings (SSSR count). The van der Waals surface area contributed by atoms with E-state index in [0.717, 1.165) is 6.54 Å². The Hall–Kier alpha value is -0.830. The predicted octanol–water partition coefficient (Wildman–Crippen LogP) is 1.53. The van der Waals surface area contributed by atoms with Crippen LogP contribution in [0.3, 0.4) is 0 Å². The van der Waals surface area contributed by atoms with Gasteiger partial charge in [-0.2, -0.15) is 5.10 Å². The van der Waals surface area contributed by atoms with Gasteiger partial charge in [0.25, 0.3) is 0 Å². The summed E-state index contributed by atoms with van der Waals surface area (Å²) in [7, 11) is 0. The molecule has 0 aliphatic heterocycles. The molecule has 72 valence electrons. The van der Waals surface area contributed by atoms with Crippen LogP contribution in [-0.4, -0.2) is 16.3 Å². The molecule has 3 nitrogen and oxygen atoms in total. The van der Waals surface area contributed by atoms with Crippen molar-refractivity contribution in [2.75, 3.05) is 6.54 Å². The number of hydrogen-bond acceptors (Lipinski definition) is 2. The van der Waals surface area contributed by atoms with Crippen molar-refractivity contribution in [1.29, 1.82) is 0 Å². The lowest BCUT2D eigenvalue weighted by atomic mass is 10.2. The van der Waals surface area contributed by atoms with Gasteiger partial charge in [-0.3, -0.25) is 4.68 Å². The molecule has 1 heterocycles. The van der Waals surface area contributed by atoms with Gasteiger partial charge in [-0.25, -0.2) is 0 Å². The molecule has 13 heavy (non-hydrogen) atoms. The van der Waals surface area contributed by atoms with Crippen LogP contribution in [0.2, 0.25) is 0 Å². The van der Waals surface area contributed by atoms with Crippen molar-refractivity contribution in [1.82, 2.24) is 9.78 Å². The second kappa shape index (κ2) is 3.14. The lowest BCUT2D eigenvalue weighted by Crippen LogP contribution is -2.02. The lowest BCUT2D eigenvalue weighted by Gasteiger charge is -2.02. The maximum absolute atomic E-state index is 5.60. The predicted molar refractivity (Wildman–Crippen MR) is 52.5 cm³/mol. The summed E-state index contributed by atoms with van der Waals surface area (Å²) in [5.41, 5.74) is 6.97. The molecule has 0 spiro atoms. The second-order valence-corrected chi connectivity index (χ2v) is 4.19. The Bertz CT molecular complexity index is 290. The van der Waals surface area contributed by atoms with E-state index in [9.17, 15) is 0 Å². The van der Waals surface area contributed by atoms with Crippen LogP contribution < -0.4 is 5.73 Å². The topological polar surface area (TPSA) is 43.8 Å². The van der Waals surface area contributed by atoms with Gasteiger partial charge in [0.2, 0.25) is 0 Å². The second-order valence-electron chi connectivity index (χ2n) is 4.19. The molecule has 0 amide bonds. The Labute approximate surface area is 78.9 Å². The highest BCUT2D eigenvalue weighted by Crippen LogP contribution is 2.46. The average molecular weight is 179 g/mol. The molecule has 0 bridgehead atoms. The Morgan fingerprint density at radius 2 is 2.46 bits per heavy atom. The van der Waals surface area contributed by atoms with Gasteiger partial charge in [0.1, 0.15) is 0 Å². The fourth-order valence-electron chi connectivity index (χ4n) is 1.74. The smallest absolute Gasteiger partial charge is 0.0524 e. The molecule has 1 aromatic rings. The molecule has 1 aromatic heterocycles. The van der Waals surface area contributed by atoms with E-state index in [4.69, 9.17) is 5.73 Å². The summed E-state index contributed by atoms with van der Waals surface area (Å²) >= 11 is 0. The van der Waals surface area contributed by atoms with Crippen LogP contribution in [0, 0.1) is 5.92 Å². The first kappa shape index (κ1) is 8.75. The number of rotatable bonds is 3. The highest BCUT2D eigenvalue weighted by Gasteiger charge is 2.37. The summed E-state index contributed by atoms with van der Waals surface area (Å²) in [4.78, 5) is 0. The van der Waals surface area contributed by atoms with Crippen LogP contribution in [0.25, 0.3) is 0 Å². The van der Waals surface area contributed by atoms with Gasteiger partial charge in [-0.1, -0.05) is 0 Å². The molecule has 1 aliphatic rings. The highest BCUT2D eigenvalue weighted by atomic mass is 15.3. The van der Waals surface area contributed by atoms with Crippen LogP contribution in [0.4, 0.5) is 0 Å². The lowest BCUT2D eigenvalue weighted by molar-refractivity contribution is 0.532. The molecule has 1 aliphatic carbocycles. The molecular weight excluding hydrogens is 162 g/mol. The van der Waals surface area contributed by atoms with E-state index in [1.54, 1.807) is 0 Å². The zero-order valence-corrected chi connectivity index (χ0v) is 8.27. The van der Waals surface area contributed by atoms with Crippen molar-refractivity contribution in [2.24, 2.45) is 11.7 Å². The van der Waals surface area contributed by atoms with Gasteiger partial charge in [0, 0.05) is 12.2 Å². The summed E-state index contributed by atoms with van der Waals surface area (Å²) in [6, 6.07) is 0.462. The first-order chi connectivity index (χ1) is 6.22. The van der Waals surface area contributed by atoms with Crippen molar-refractivity contribution < 1.29 is 0 Å². The van der Waals surface area contributed by atoms with Gasteiger partial charge >= 0.3 is 0 Å². The van der Waals surface area contributed by atoms with E-state index >= 15 is 0 Å². The number of aromatic nitrogens is 2. The average Bonchev–Trinajstić information content (AvgIpc) is 2.73. The van der Waals surface area contributed by atoms with E-state index in [1.807, 2.05) is 10.9 Å².